The fourth-order valence-electron chi connectivity index (χ4n) is 2.17. The van der Waals surface area contributed by atoms with E-state index in [1.807, 2.05) is 23.2 Å². The lowest BCUT2D eigenvalue weighted by Crippen LogP contribution is -2.29. The maximum Gasteiger partial charge on any atom is 0.147 e. The number of fused-ring (bicyclic) bond motifs is 2. The van der Waals surface area contributed by atoms with Gasteiger partial charge in [-0.3, -0.25) is 4.98 Å². The normalized spacial score (nSPS) is 28.5. The average Bonchev–Trinajstić information content (AvgIpc) is 2.71. The summed E-state index contributed by atoms with van der Waals surface area (Å²) in [6, 6.07) is 3.87. The minimum Gasteiger partial charge on any atom is -0.372 e. The number of aliphatic hydroxyl groups is 1. The maximum absolute atomic E-state index is 9.76. The Morgan fingerprint density at radius 3 is 2.73 bits per heavy atom. The Balaban J connectivity index is 1.98. The van der Waals surface area contributed by atoms with Gasteiger partial charge in [-0.05, 0) is 17.7 Å². The number of aromatic nitrogens is 1. The number of hydrogen-bond acceptors (Lipinski definition) is 4. The van der Waals surface area contributed by atoms with Gasteiger partial charge in [-0.25, -0.2) is 0 Å². The highest BCUT2D eigenvalue weighted by Gasteiger charge is 2.43. The Morgan fingerprint density at radius 1 is 1.40 bits per heavy atom. The maximum atomic E-state index is 9.76. The highest BCUT2D eigenvalue weighted by atomic mass is 35.5. The monoisotopic (exact) mass is 223 g/mol. The molecule has 1 N–H and O–H groups in total. The molecule has 2 aliphatic heterocycles. The molecule has 0 aliphatic carbocycles. The van der Waals surface area contributed by atoms with Gasteiger partial charge in [0.15, 0.2) is 0 Å². The van der Waals surface area contributed by atoms with Crippen LogP contribution in [0.15, 0.2) is 35.9 Å². The summed E-state index contributed by atoms with van der Waals surface area (Å²) >= 11 is 6.02. The fraction of sp³-hybridized carbons (Fsp3) is 0.300. The van der Waals surface area contributed by atoms with Gasteiger partial charge in [0.2, 0.25) is 0 Å². The first-order valence-electron chi connectivity index (χ1n) is 4.77. The smallest absolute Gasteiger partial charge is 0.147 e. The van der Waals surface area contributed by atoms with Crippen LogP contribution in [-0.2, 0) is 0 Å². The van der Waals surface area contributed by atoms with Crippen molar-refractivity contribution in [2.24, 2.45) is 0 Å². The molecule has 0 aromatic carbocycles. The van der Waals surface area contributed by atoms with Crippen LogP contribution in [0, 0.1) is 0 Å². The zero-order valence-corrected chi connectivity index (χ0v) is 8.67. The molecule has 2 atom stereocenters. The van der Waals surface area contributed by atoms with Gasteiger partial charge in [-0.2, -0.15) is 0 Å². The van der Waals surface area contributed by atoms with Gasteiger partial charge in [-0.1, -0.05) is 11.6 Å². The molecule has 2 aliphatic rings. The van der Waals surface area contributed by atoms with E-state index in [0.717, 1.165) is 5.56 Å². The van der Waals surface area contributed by atoms with Crippen molar-refractivity contribution < 1.29 is 5.11 Å². The molecule has 5 heteroatoms. The van der Waals surface area contributed by atoms with Crippen molar-refractivity contribution in [3.8, 4) is 0 Å². The molecule has 0 spiro atoms. The van der Waals surface area contributed by atoms with Crippen molar-refractivity contribution in [2.45, 2.75) is 12.4 Å². The van der Waals surface area contributed by atoms with Crippen LogP contribution >= 0.6 is 11.6 Å². The van der Waals surface area contributed by atoms with Gasteiger partial charge in [-0.15, -0.1) is 0 Å². The molecular formula is C10H10ClN3O. The van der Waals surface area contributed by atoms with E-state index < -0.39 is 6.23 Å². The van der Waals surface area contributed by atoms with Crippen molar-refractivity contribution >= 4 is 11.6 Å². The molecular weight excluding hydrogens is 214 g/mol. The van der Waals surface area contributed by atoms with E-state index in [2.05, 4.69) is 4.98 Å². The highest BCUT2D eigenvalue weighted by Crippen LogP contribution is 2.42. The van der Waals surface area contributed by atoms with Gasteiger partial charge in [0.1, 0.15) is 17.5 Å². The van der Waals surface area contributed by atoms with Crippen molar-refractivity contribution in [1.82, 2.24) is 14.8 Å². The lowest BCUT2D eigenvalue weighted by atomic mass is 10.2. The molecule has 1 fully saturated rings. The molecule has 2 bridgehead atoms. The largest absolute Gasteiger partial charge is 0.372 e. The molecule has 15 heavy (non-hydrogen) atoms. The number of halogens is 1. The summed E-state index contributed by atoms with van der Waals surface area (Å²) in [6.45, 7) is 0.600. The van der Waals surface area contributed by atoms with Crippen molar-refractivity contribution in [1.29, 1.82) is 0 Å². The number of pyridine rings is 1. The van der Waals surface area contributed by atoms with Crippen molar-refractivity contribution in [2.75, 3.05) is 6.54 Å². The van der Waals surface area contributed by atoms with Gasteiger partial charge >= 0.3 is 0 Å². The van der Waals surface area contributed by atoms with E-state index in [9.17, 15) is 5.11 Å². The first-order chi connectivity index (χ1) is 7.27. The second kappa shape index (κ2) is 3.12. The minimum atomic E-state index is -0.513. The molecule has 4 nitrogen and oxygen atoms in total. The molecule has 0 amide bonds. The highest BCUT2D eigenvalue weighted by molar-refractivity contribution is 6.29. The van der Waals surface area contributed by atoms with Crippen LogP contribution in [0.25, 0.3) is 0 Å². The van der Waals surface area contributed by atoms with Crippen LogP contribution in [0.2, 0.25) is 0 Å². The van der Waals surface area contributed by atoms with Crippen LogP contribution in [0.5, 0.6) is 0 Å². The third-order valence-electron chi connectivity index (χ3n) is 2.80. The second-order valence-electron chi connectivity index (χ2n) is 3.69. The molecule has 0 saturated carbocycles. The van der Waals surface area contributed by atoms with Gasteiger partial charge < -0.3 is 14.9 Å². The molecule has 3 heterocycles. The summed E-state index contributed by atoms with van der Waals surface area (Å²) < 4.78 is 0. The third-order valence-corrected chi connectivity index (χ3v) is 3.09. The SMILES string of the molecule is O[C@@H]1CN2C=C(Cl)N1[C@H]2c1ccncc1. The van der Waals surface area contributed by atoms with Crippen LogP contribution in [0.3, 0.4) is 0 Å². The zero-order chi connectivity index (χ0) is 10.4. The number of nitrogens with zero attached hydrogens (tertiary/aromatic N) is 3. The Labute approximate surface area is 92.4 Å². The van der Waals surface area contributed by atoms with Crippen LogP contribution < -0.4 is 0 Å². The standard InChI is InChI=1S/C10H10ClN3O/c11-8-5-13-6-9(15)14(8)10(13)7-1-3-12-4-2-7/h1-5,9-10,15H,6H2/t9-,10+/m1/s1. The van der Waals surface area contributed by atoms with Crippen LogP contribution in [-0.4, -0.2) is 32.7 Å². The van der Waals surface area contributed by atoms with E-state index in [-0.39, 0.29) is 6.17 Å². The summed E-state index contributed by atoms with van der Waals surface area (Å²) in [5, 5.41) is 10.4. The van der Waals surface area contributed by atoms with Gasteiger partial charge in [0.25, 0.3) is 0 Å². The van der Waals surface area contributed by atoms with Gasteiger partial charge in [0.05, 0.1) is 6.54 Å². The van der Waals surface area contributed by atoms with E-state index in [0.29, 0.717) is 11.7 Å². The molecule has 1 aromatic rings. The minimum absolute atomic E-state index is 0.0236. The van der Waals surface area contributed by atoms with Crippen molar-refractivity contribution in [3.05, 3.63) is 41.4 Å². The van der Waals surface area contributed by atoms with Crippen LogP contribution in [0.4, 0.5) is 0 Å². The van der Waals surface area contributed by atoms with Gasteiger partial charge in [0, 0.05) is 18.6 Å². The molecule has 0 unspecified atom stereocenters. The lowest BCUT2D eigenvalue weighted by molar-refractivity contribution is 0.0594. The molecule has 1 aromatic heterocycles. The van der Waals surface area contributed by atoms with E-state index in [1.165, 1.54) is 0 Å². The van der Waals surface area contributed by atoms with E-state index in [4.69, 9.17) is 11.6 Å². The Hall–Kier alpha value is -1.26. The second-order valence-corrected chi connectivity index (χ2v) is 4.08. The number of aliphatic hydroxyl groups excluding tert-OH is 1. The van der Waals surface area contributed by atoms with E-state index in [1.54, 1.807) is 17.3 Å². The first kappa shape index (κ1) is 9.00. The zero-order valence-electron chi connectivity index (χ0n) is 7.92. The van der Waals surface area contributed by atoms with Crippen LogP contribution in [0.1, 0.15) is 11.7 Å². The predicted octanol–water partition coefficient (Wildman–Crippen LogP) is 1.07. The molecule has 1 saturated heterocycles. The third kappa shape index (κ3) is 1.22. The Morgan fingerprint density at radius 2 is 2.13 bits per heavy atom. The predicted molar refractivity (Wildman–Crippen MR) is 55.5 cm³/mol. The molecule has 3 rings (SSSR count). The molecule has 0 radical (unpaired) electrons. The number of rotatable bonds is 1. The first-order valence-corrected chi connectivity index (χ1v) is 5.14. The summed E-state index contributed by atoms with van der Waals surface area (Å²) in [5.74, 6) is 0. The summed E-state index contributed by atoms with van der Waals surface area (Å²) in [6.07, 6.45) is 4.86. The summed E-state index contributed by atoms with van der Waals surface area (Å²) in [7, 11) is 0. The molecule has 78 valence electrons. The topological polar surface area (TPSA) is 39.6 Å². The fourth-order valence-corrected chi connectivity index (χ4v) is 2.50. The quantitative estimate of drug-likeness (QED) is 0.723. The Bertz CT molecular complexity index is 408. The number of hydrogen-bond donors (Lipinski definition) is 1. The summed E-state index contributed by atoms with van der Waals surface area (Å²) in [4.78, 5) is 7.81. The van der Waals surface area contributed by atoms with E-state index >= 15 is 0 Å². The van der Waals surface area contributed by atoms with Crippen molar-refractivity contribution in [3.63, 3.8) is 0 Å². The lowest BCUT2D eigenvalue weighted by Gasteiger charge is -2.24. The average molecular weight is 224 g/mol. The Kier molecular flexibility index (Phi) is 1.87. The summed E-state index contributed by atoms with van der Waals surface area (Å²) in [5.41, 5.74) is 1.09.